The van der Waals surface area contributed by atoms with E-state index in [1.807, 2.05) is 6.92 Å². The first-order chi connectivity index (χ1) is 7.13. The summed E-state index contributed by atoms with van der Waals surface area (Å²) in [5, 5.41) is 2.89. The van der Waals surface area contributed by atoms with E-state index in [0.29, 0.717) is 5.95 Å². The molecule has 2 aromatic heterocycles. The van der Waals surface area contributed by atoms with Gasteiger partial charge in [-0.15, -0.1) is 0 Å². The van der Waals surface area contributed by atoms with Crippen molar-refractivity contribution in [1.82, 2.24) is 15.0 Å². The fourth-order valence-electron chi connectivity index (χ4n) is 1.10. The molecular weight excluding hydrogens is 196 g/mol. The van der Waals surface area contributed by atoms with Gasteiger partial charge in [-0.2, -0.15) is 15.0 Å². The third-order valence-corrected chi connectivity index (χ3v) is 1.66. The Labute approximate surface area is 85.5 Å². The summed E-state index contributed by atoms with van der Waals surface area (Å²) in [7, 11) is 0. The van der Waals surface area contributed by atoms with Gasteiger partial charge in [0.1, 0.15) is 12.0 Å². The third-order valence-electron chi connectivity index (χ3n) is 1.66. The number of anilines is 4. The number of nitrogens with zero attached hydrogens (tertiary/aromatic N) is 3. The predicted octanol–water partition coefficient (Wildman–Crippen LogP) is 0.681. The number of aryl methyl sites for hydroxylation is 1. The first-order valence-corrected chi connectivity index (χ1v) is 4.22. The van der Waals surface area contributed by atoms with Crippen LogP contribution >= 0.6 is 0 Å². The zero-order valence-electron chi connectivity index (χ0n) is 8.06. The zero-order chi connectivity index (χ0) is 10.8. The lowest BCUT2D eigenvalue weighted by atomic mass is 10.4. The molecule has 0 fully saturated rings. The minimum atomic E-state index is 0.0743. The van der Waals surface area contributed by atoms with Crippen LogP contribution < -0.4 is 16.8 Å². The molecule has 7 heteroatoms. The lowest BCUT2D eigenvalue weighted by Gasteiger charge is -2.01. The third kappa shape index (κ3) is 2.13. The van der Waals surface area contributed by atoms with Crippen molar-refractivity contribution in [2.75, 3.05) is 16.8 Å². The SMILES string of the molecule is Cc1cc(Nc2nc(N)nc(N)n2)co1. The van der Waals surface area contributed by atoms with Crippen molar-refractivity contribution in [2.45, 2.75) is 6.92 Å². The number of aromatic nitrogens is 3. The highest BCUT2D eigenvalue weighted by Crippen LogP contribution is 2.16. The maximum Gasteiger partial charge on any atom is 0.233 e. The van der Waals surface area contributed by atoms with Gasteiger partial charge in [-0.3, -0.25) is 0 Å². The topological polar surface area (TPSA) is 116 Å². The Balaban J connectivity index is 2.24. The first kappa shape index (κ1) is 9.25. The summed E-state index contributed by atoms with van der Waals surface area (Å²) < 4.78 is 5.10. The van der Waals surface area contributed by atoms with Crippen molar-refractivity contribution in [1.29, 1.82) is 0 Å². The van der Waals surface area contributed by atoms with E-state index >= 15 is 0 Å². The maximum absolute atomic E-state index is 5.41. The fourth-order valence-corrected chi connectivity index (χ4v) is 1.10. The highest BCUT2D eigenvalue weighted by Gasteiger charge is 2.03. The standard InChI is InChI=1S/C8H10N6O/c1-4-2-5(3-15-4)11-8-13-6(9)12-7(10)14-8/h2-3H,1H3,(H5,9,10,11,12,13,14). The van der Waals surface area contributed by atoms with Crippen LogP contribution in [0.15, 0.2) is 16.7 Å². The molecule has 0 radical (unpaired) electrons. The van der Waals surface area contributed by atoms with E-state index in [-0.39, 0.29) is 11.9 Å². The molecule has 2 rings (SSSR count). The summed E-state index contributed by atoms with van der Waals surface area (Å²) in [5.74, 6) is 1.23. The second-order valence-electron chi connectivity index (χ2n) is 2.95. The Bertz CT molecular complexity index is 459. The van der Waals surface area contributed by atoms with Gasteiger partial charge in [0, 0.05) is 6.07 Å². The molecule has 2 heterocycles. The van der Waals surface area contributed by atoms with Gasteiger partial charge in [0.2, 0.25) is 17.8 Å². The van der Waals surface area contributed by atoms with Crippen LogP contribution in [-0.2, 0) is 0 Å². The van der Waals surface area contributed by atoms with Crippen molar-refractivity contribution in [3.63, 3.8) is 0 Å². The van der Waals surface area contributed by atoms with E-state index in [0.717, 1.165) is 11.4 Å². The molecule has 0 aromatic carbocycles. The molecule has 0 aliphatic carbocycles. The average molecular weight is 206 g/mol. The van der Waals surface area contributed by atoms with Crippen LogP contribution in [0.2, 0.25) is 0 Å². The summed E-state index contributed by atoms with van der Waals surface area (Å²) in [6, 6.07) is 1.80. The highest BCUT2D eigenvalue weighted by atomic mass is 16.3. The van der Waals surface area contributed by atoms with E-state index in [4.69, 9.17) is 15.9 Å². The molecule has 0 amide bonds. The summed E-state index contributed by atoms with van der Waals surface area (Å²) in [6.45, 7) is 1.83. The van der Waals surface area contributed by atoms with Gasteiger partial charge in [-0.1, -0.05) is 0 Å². The number of hydrogen-bond acceptors (Lipinski definition) is 7. The van der Waals surface area contributed by atoms with Crippen LogP contribution in [0.3, 0.4) is 0 Å². The summed E-state index contributed by atoms with van der Waals surface area (Å²) in [4.78, 5) is 11.4. The fraction of sp³-hybridized carbons (Fsp3) is 0.125. The molecular formula is C8H10N6O. The number of nitrogen functional groups attached to an aromatic ring is 2. The number of nitrogens with one attached hydrogen (secondary N) is 1. The molecule has 2 aromatic rings. The molecule has 15 heavy (non-hydrogen) atoms. The smallest absolute Gasteiger partial charge is 0.233 e. The monoisotopic (exact) mass is 206 g/mol. The average Bonchev–Trinajstić information content (AvgIpc) is 2.49. The predicted molar refractivity (Wildman–Crippen MR) is 55.4 cm³/mol. The van der Waals surface area contributed by atoms with E-state index in [9.17, 15) is 0 Å². The summed E-state index contributed by atoms with van der Waals surface area (Å²) in [5.41, 5.74) is 11.6. The number of hydrogen-bond donors (Lipinski definition) is 3. The van der Waals surface area contributed by atoms with Crippen LogP contribution in [0.1, 0.15) is 5.76 Å². The van der Waals surface area contributed by atoms with E-state index in [1.54, 1.807) is 12.3 Å². The molecule has 0 saturated carbocycles. The van der Waals surface area contributed by atoms with Crippen LogP contribution in [0.5, 0.6) is 0 Å². The van der Waals surface area contributed by atoms with Crippen molar-refractivity contribution in [2.24, 2.45) is 0 Å². The van der Waals surface area contributed by atoms with Gasteiger partial charge in [0.15, 0.2) is 0 Å². The van der Waals surface area contributed by atoms with Gasteiger partial charge in [0.25, 0.3) is 0 Å². The number of nitrogens with two attached hydrogens (primary N) is 2. The van der Waals surface area contributed by atoms with Crippen molar-refractivity contribution in [3.8, 4) is 0 Å². The Kier molecular flexibility index (Phi) is 2.13. The van der Waals surface area contributed by atoms with E-state index < -0.39 is 0 Å². The first-order valence-electron chi connectivity index (χ1n) is 4.22. The molecule has 5 N–H and O–H groups in total. The molecule has 0 saturated heterocycles. The van der Waals surface area contributed by atoms with Gasteiger partial charge >= 0.3 is 0 Å². The van der Waals surface area contributed by atoms with Crippen LogP contribution in [0.4, 0.5) is 23.5 Å². The molecule has 0 spiro atoms. The van der Waals surface area contributed by atoms with Gasteiger partial charge in [-0.05, 0) is 6.92 Å². The molecule has 78 valence electrons. The Morgan fingerprint density at radius 3 is 2.40 bits per heavy atom. The molecule has 7 nitrogen and oxygen atoms in total. The summed E-state index contributed by atoms with van der Waals surface area (Å²) in [6.07, 6.45) is 1.55. The largest absolute Gasteiger partial charge is 0.467 e. The van der Waals surface area contributed by atoms with Crippen LogP contribution in [0, 0.1) is 6.92 Å². The Morgan fingerprint density at radius 2 is 1.87 bits per heavy atom. The van der Waals surface area contributed by atoms with Crippen molar-refractivity contribution < 1.29 is 4.42 Å². The maximum atomic E-state index is 5.41. The normalized spacial score (nSPS) is 10.2. The zero-order valence-corrected chi connectivity index (χ0v) is 8.06. The molecule has 0 atom stereocenters. The molecule has 0 bridgehead atoms. The van der Waals surface area contributed by atoms with E-state index in [1.165, 1.54) is 0 Å². The Hall–Kier alpha value is -2.31. The second kappa shape index (κ2) is 3.45. The van der Waals surface area contributed by atoms with Gasteiger partial charge in [0.05, 0.1) is 5.69 Å². The Morgan fingerprint density at radius 1 is 1.20 bits per heavy atom. The minimum absolute atomic E-state index is 0.0743. The number of rotatable bonds is 2. The quantitative estimate of drug-likeness (QED) is 0.661. The van der Waals surface area contributed by atoms with Crippen molar-refractivity contribution >= 4 is 23.5 Å². The minimum Gasteiger partial charge on any atom is -0.467 e. The molecule has 0 aliphatic heterocycles. The second-order valence-corrected chi connectivity index (χ2v) is 2.95. The van der Waals surface area contributed by atoms with Gasteiger partial charge < -0.3 is 21.2 Å². The summed E-state index contributed by atoms with van der Waals surface area (Å²) >= 11 is 0. The van der Waals surface area contributed by atoms with Crippen LogP contribution in [-0.4, -0.2) is 15.0 Å². The van der Waals surface area contributed by atoms with Gasteiger partial charge in [-0.25, -0.2) is 0 Å². The van der Waals surface area contributed by atoms with Crippen molar-refractivity contribution in [3.05, 3.63) is 18.1 Å². The highest BCUT2D eigenvalue weighted by molar-refractivity contribution is 5.53. The molecule has 0 aliphatic rings. The number of furan rings is 1. The van der Waals surface area contributed by atoms with Crippen LogP contribution in [0.25, 0.3) is 0 Å². The lowest BCUT2D eigenvalue weighted by Crippen LogP contribution is -2.06. The lowest BCUT2D eigenvalue weighted by molar-refractivity contribution is 0.535. The van der Waals surface area contributed by atoms with E-state index in [2.05, 4.69) is 20.3 Å². The molecule has 0 unspecified atom stereocenters.